The van der Waals surface area contributed by atoms with Gasteiger partial charge in [0.15, 0.2) is 11.5 Å². The Labute approximate surface area is 192 Å². The quantitative estimate of drug-likeness (QED) is 0.340. The molecule has 0 fully saturated rings. The van der Waals surface area contributed by atoms with Gasteiger partial charge in [-0.2, -0.15) is 0 Å². The van der Waals surface area contributed by atoms with Gasteiger partial charge in [-0.3, -0.25) is 9.79 Å². The van der Waals surface area contributed by atoms with Crippen LogP contribution in [0.2, 0.25) is 5.02 Å². The molecule has 0 spiro atoms. The molecule has 32 heavy (non-hydrogen) atoms. The number of halogens is 1. The van der Waals surface area contributed by atoms with Gasteiger partial charge in [-0.25, -0.2) is 9.59 Å². The Hall–Kier alpha value is -3.19. The normalized spacial score (nSPS) is 12.2. The molecule has 170 valence electrons. The Morgan fingerprint density at radius 3 is 2.31 bits per heavy atom. The van der Waals surface area contributed by atoms with Crippen LogP contribution in [0.3, 0.4) is 0 Å². The molecule has 0 radical (unpaired) electrons. The molecule has 0 saturated carbocycles. The van der Waals surface area contributed by atoms with Crippen LogP contribution in [0.25, 0.3) is 0 Å². The molecule has 2 aromatic carbocycles. The van der Waals surface area contributed by atoms with Crippen LogP contribution in [-0.2, 0) is 9.59 Å². The lowest BCUT2D eigenvalue weighted by Gasteiger charge is -2.16. The van der Waals surface area contributed by atoms with Crippen molar-refractivity contribution in [3.63, 3.8) is 0 Å². The van der Waals surface area contributed by atoms with Crippen LogP contribution in [-0.4, -0.2) is 35.3 Å². The summed E-state index contributed by atoms with van der Waals surface area (Å²) in [6, 6.07) is 8.62. The summed E-state index contributed by atoms with van der Waals surface area (Å²) in [6.45, 7) is 8.60. The largest absolute Gasteiger partial charge is 0.480 e. The number of aliphatic imine (C=N–C) groups is 1. The van der Waals surface area contributed by atoms with Gasteiger partial charge < -0.3 is 14.6 Å². The third-order valence-corrected chi connectivity index (χ3v) is 4.66. The number of benzene rings is 2. The monoisotopic (exact) mass is 459 g/mol. The Bertz CT molecular complexity index is 1040. The number of rotatable bonds is 8. The van der Waals surface area contributed by atoms with Gasteiger partial charge in [-0.1, -0.05) is 57.0 Å². The van der Waals surface area contributed by atoms with Gasteiger partial charge in [0.05, 0.1) is 11.5 Å². The highest BCUT2D eigenvalue weighted by Crippen LogP contribution is 2.35. The molecule has 2 aromatic rings. The van der Waals surface area contributed by atoms with Crippen molar-refractivity contribution in [3.8, 4) is 11.5 Å². The summed E-state index contributed by atoms with van der Waals surface area (Å²) >= 11 is 6.21. The lowest BCUT2D eigenvalue weighted by molar-refractivity contribution is -0.139. The van der Waals surface area contributed by atoms with Gasteiger partial charge in [-0.15, -0.1) is 0 Å². The zero-order chi connectivity index (χ0) is 24.0. The van der Waals surface area contributed by atoms with Crippen molar-refractivity contribution in [1.82, 2.24) is 0 Å². The molecule has 0 heterocycles. The number of esters is 2. The van der Waals surface area contributed by atoms with Crippen molar-refractivity contribution in [2.75, 3.05) is 0 Å². The average Bonchev–Trinajstić information content (AvgIpc) is 2.69. The summed E-state index contributed by atoms with van der Waals surface area (Å²) in [5.74, 6) is -3.19. The number of aliphatic carboxylic acids is 1. The molecule has 0 saturated heterocycles. The van der Waals surface area contributed by atoms with Gasteiger partial charge in [0, 0.05) is 22.9 Å². The smallest absolute Gasteiger partial charge is 0.343 e. The molecule has 0 amide bonds. The zero-order valence-corrected chi connectivity index (χ0v) is 19.3. The number of hydrogen-bond donors (Lipinski definition) is 1. The summed E-state index contributed by atoms with van der Waals surface area (Å²) in [5, 5.41) is 9.58. The van der Waals surface area contributed by atoms with E-state index < -0.39 is 29.9 Å². The van der Waals surface area contributed by atoms with E-state index in [9.17, 15) is 19.5 Å². The highest BCUT2D eigenvalue weighted by Gasteiger charge is 2.23. The standard InChI is InChI=1S/C24H26ClNO6/c1-13(2)20(22(27)28)26-12-17-10-18(25)11-19(21(17)32-23(29)14(3)4)31-24(30)16-8-6-7-15(5)9-16/h6-14,20H,1-5H3,(H,27,28). The number of ether oxygens (including phenoxy) is 2. The fourth-order valence-electron chi connectivity index (χ4n) is 2.70. The molecule has 1 unspecified atom stereocenters. The van der Waals surface area contributed by atoms with E-state index in [1.165, 1.54) is 18.3 Å². The molecular weight excluding hydrogens is 434 g/mol. The van der Waals surface area contributed by atoms with Crippen LogP contribution in [0, 0.1) is 18.8 Å². The summed E-state index contributed by atoms with van der Waals surface area (Å²) in [6.07, 6.45) is 1.26. The number of carbonyl (C=O) groups is 3. The first-order chi connectivity index (χ1) is 15.0. The van der Waals surface area contributed by atoms with Crippen LogP contribution in [0.5, 0.6) is 11.5 Å². The summed E-state index contributed by atoms with van der Waals surface area (Å²) < 4.78 is 11.0. The van der Waals surface area contributed by atoms with Crippen LogP contribution in [0.15, 0.2) is 41.4 Å². The lowest BCUT2D eigenvalue weighted by Crippen LogP contribution is -2.24. The van der Waals surface area contributed by atoms with Crippen molar-refractivity contribution in [2.45, 2.75) is 40.7 Å². The number of carboxylic acid groups (broad SMARTS) is 1. The summed E-state index contributed by atoms with van der Waals surface area (Å²) in [5.41, 5.74) is 1.40. The molecule has 1 N–H and O–H groups in total. The fraction of sp³-hybridized carbons (Fsp3) is 0.333. The first kappa shape index (κ1) is 25.1. The van der Waals surface area contributed by atoms with Crippen LogP contribution in [0.4, 0.5) is 0 Å². The topological polar surface area (TPSA) is 102 Å². The van der Waals surface area contributed by atoms with Crippen LogP contribution >= 0.6 is 11.6 Å². The Morgan fingerprint density at radius 2 is 1.75 bits per heavy atom. The van der Waals surface area contributed by atoms with E-state index in [4.69, 9.17) is 21.1 Å². The van der Waals surface area contributed by atoms with Crippen molar-refractivity contribution >= 4 is 35.7 Å². The molecule has 0 aromatic heterocycles. The lowest BCUT2D eigenvalue weighted by atomic mass is 10.1. The maximum absolute atomic E-state index is 12.7. The highest BCUT2D eigenvalue weighted by atomic mass is 35.5. The Balaban J connectivity index is 2.53. The summed E-state index contributed by atoms with van der Waals surface area (Å²) in [7, 11) is 0. The third-order valence-electron chi connectivity index (χ3n) is 4.44. The minimum Gasteiger partial charge on any atom is -0.480 e. The minimum atomic E-state index is -1.09. The second-order valence-electron chi connectivity index (χ2n) is 7.96. The maximum atomic E-state index is 12.7. The molecule has 0 aliphatic carbocycles. The second-order valence-corrected chi connectivity index (χ2v) is 8.40. The minimum absolute atomic E-state index is 0.0641. The predicted octanol–water partition coefficient (Wildman–Crippen LogP) is 4.96. The van der Waals surface area contributed by atoms with E-state index in [1.54, 1.807) is 45.9 Å². The average molecular weight is 460 g/mol. The first-order valence-electron chi connectivity index (χ1n) is 10.1. The number of carbonyl (C=O) groups excluding carboxylic acids is 2. The van der Waals surface area contributed by atoms with E-state index in [-0.39, 0.29) is 28.0 Å². The SMILES string of the molecule is Cc1cccc(C(=O)Oc2cc(Cl)cc(C=NC(C(=O)O)C(C)C)c2OC(=O)C(C)C)c1. The van der Waals surface area contributed by atoms with E-state index in [0.29, 0.717) is 5.56 Å². The number of carboxylic acids is 1. The van der Waals surface area contributed by atoms with E-state index >= 15 is 0 Å². The van der Waals surface area contributed by atoms with Gasteiger partial charge >= 0.3 is 17.9 Å². The molecular formula is C24H26ClNO6. The highest BCUT2D eigenvalue weighted by molar-refractivity contribution is 6.31. The Morgan fingerprint density at radius 1 is 1.06 bits per heavy atom. The summed E-state index contributed by atoms with van der Waals surface area (Å²) in [4.78, 5) is 40.6. The zero-order valence-electron chi connectivity index (χ0n) is 18.6. The molecule has 0 aliphatic rings. The molecule has 0 bridgehead atoms. The number of nitrogens with zero attached hydrogens (tertiary/aromatic N) is 1. The van der Waals surface area contributed by atoms with Crippen LogP contribution in [0.1, 0.15) is 49.2 Å². The van der Waals surface area contributed by atoms with Crippen molar-refractivity contribution in [3.05, 3.63) is 58.1 Å². The molecule has 8 heteroatoms. The number of hydrogen-bond acceptors (Lipinski definition) is 6. The van der Waals surface area contributed by atoms with Gasteiger partial charge in [0.2, 0.25) is 0 Å². The first-order valence-corrected chi connectivity index (χ1v) is 10.5. The predicted molar refractivity (Wildman–Crippen MR) is 122 cm³/mol. The third kappa shape index (κ3) is 6.65. The molecule has 0 aliphatic heterocycles. The number of aryl methyl sites for hydroxylation is 1. The van der Waals surface area contributed by atoms with Gasteiger partial charge in [0.1, 0.15) is 6.04 Å². The van der Waals surface area contributed by atoms with Crippen molar-refractivity contribution < 1.29 is 29.0 Å². The second kappa shape index (κ2) is 10.9. The van der Waals surface area contributed by atoms with Gasteiger partial charge in [0.25, 0.3) is 0 Å². The van der Waals surface area contributed by atoms with Crippen molar-refractivity contribution in [2.24, 2.45) is 16.8 Å². The van der Waals surface area contributed by atoms with E-state index in [1.807, 2.05) is 13.0 Å². The Kier molecular flexibility index (Phi) is 8.55. The molecule has 2 rings (SSSR count). The fourth-order valence-corrected chi connectivity index (χ4v) is 2.92. The molecule has 7 nitrogen and oxygen atoms in total. The van der Waals surface area contributed by atoms with E-state index in [0.717, 1.165) is 5.56 Å². The van der Waals surface area contributed by atoms with Gasteiger partial charge in [-0.05, 0) is 31.0 Å². The van der Waals surface area contributed by atoms with Crippen molar-refractivity contribution in [1.29, 1.82) is 0 Å². The molecule has 1 atom stereocenters. The van der Waals surface area contributed by atoms with Crippen LogP contribution < -0.4 is 9.47 Å². The van der Waals surface area contributed by atoms with E-state index in [2.05, 4.69) is 4.99 Å². The maximum Gasteiger partial charge on any atom is 0.343 e.